The quantitative estimate of drug-likeness (QED) is 0.472. The van der Waals surface area contributed by atoms with Crippen molar-refractivity contribution in [2.45, 2.75) is 24.9 Å². The standard InChI is InChI=1S/C23H22N4O/c28-23(21(17-26-15-7-13-24-26)19-9-3-1-4-10-19)22(18-27-16-8-14-25-27)20-11-5-2-6-12-20/h1-16,21-22H,17-18H2. The first-order valence-corrected chi connectivity index (χ1v) is 9.40. The maximum Gasteiger partial charge on any atom is 0.151 e. The number of aromatic nitrogens is 4. The molecule has 2 unspecified atom stereocenters. The molecule has 2 atom stereocenters. The highest BCUT2D eigenvalue weighted by Crippen LogP contribution is 2.29. The number of benzene rings is 2. The van der Waals surface area contributed by atoms with Crippen LogP contribution in [-0.4, -0.2) is 25.3 Å². The second-order valence-corrected chi connectivity index (χ2v) is 6.79. The Balaban J connectivity index is 1.70. The van der Waals surface area contributed by atoms with Gasteiger partial charge in [-0.25, -0.2) is 0 Å². The Morgan fingerprint density at radius 3 is 1.46 bits per heavy atom. The number of Topliss-reactive ketones (excluding diaryl/α,β-unsaturated/α-hetero) is 1. The molecule has 2 heterocycles. The van der Waals surface area contributed by atoms with Crippen molar-refractivity contribution in [1.82, 2.24) is 19.6 Å². The number of rotatable bonds is 8. The average molecular weight is 370 g/mol. The van der Waals surface area contributed by atoms with Gasteiger partial charge in [-0.15, -0.1) is 0 Å². The van der Waals surface area contributed by atoms with Gasteiger partial charge in [0, 0.05) is 24.8 Å². The Hall–Kier alpha value is -3.47. The summed E-state index contributed by atoms with van der Waals surface area (Å²) in [5.41, 5.74) is 2.01. The first kappa shape index (κ1) is 17.9. The van der Waals surface area contributed by atoms with Gasteiger partial charge in [-0.05, 0) is 23.3 Å². The van der Waals surface area contributed by atoms with E-state index in [1.165, 1.54) is 0 Å². The van der Waals surface area contributed by atoms with Gasteiger partial charge in [-0.3, -0.25) is 14.2 Å². The fraction of sp³-hybridized carbons (Fsp3) is 0.174. The zero-order valence-corrected chi connectivity index (χ0v) is 15.5. The van der Waals surface area contributed by atoms with Crippen LogP contribution in [0.3, 0.4) is 0 Å². The number of ketones is 1. The van der Waals surface area contributed by atoms with E-state index in [4.69, 9.17) is 0 Å². The minimum absolute atomic E-state index is 0.170. The third-order valence-corrected chi connectivity index (χ3v) is 4.95. The number of hydrogen-bond acceptors (Lipinski definition) is 3. The summed E-state index contributed by atoms with van der Waals surface area (Å²) < 4.78 is 3.65. The van der Waals surface area contributed by atoms with Crippen LogP contribution in [-0.2, 0) is 17.9 Å². The summed E-state index contributed by atoms with van der Waals surface area (Å²) in [5.74, 6) is -0.410. The highest BCUT2D eigenvalue weighted by molar-refractivity contribution is 5.91. The maximum absolute atomic E-state index is 13.8. The summed E-state index contributed by atoms with van der Waals surface area (Å²) >= 11 is 0. The van der Waals surface area contributed by atoms with Crippen LogP contribution in [0.2, 0.25) is 0 Å². The lowest BCUT2D eigenvalue weighted by atomic mass is 9.83. The van der Waals surface area contributed by atoms with Crippen molar-refractivity contribution in [3.8, 4) is 0 Å². The van der Waals surface area contributed by atoms with E-state index in [1.807, 2.05) is 94.6 Å². The summed E-state index contributed by atoms with van der Waals surface area (Å²) in [6.07, 6.45) is 7.28. The van der Waals surface area contributed by atoms with Crippen molar-refractivity contribution in [1.29, 1.82) is 0 Å². The summed E-state index contributed by atoms with van der Waals surface area (Å²) in [6, 6.07) is 23.7. The van der Waals surface area contributed by atoms with Crippen LogP contribution in [0, 0.1) is 0 Å². The molecule has 5 nitrogen and oxygen atoms in total. The van der Waals surface area contributed by atoms with E-state index in [9.17, 15) is 4.79 Å². The third kappa shape index (κ3) is 4.09. The largest absolute Gasteiger partial charge is 0.298 e. The van der Waals surface area contributed by atoms with Crippen molar-refractivity contribution >= 4 is 5.78 Å². The highest BCUT2D eigenvalue weighted by Gasteiger charge is 2.30. The normalized spacial score (nSPS) is 13.1. The molecule has 0 bridgehead atoms. The first-order chi connectivity index (χ1) is 13.8. The number of carbonyl (C=O) groups is 1. The van der Waals surface area contributed by atoms with Crippen molar-refractivity contribution in [3.05, 3.63) is 109 Å². The van der Waals surface area contributed by atoms with Crippen molar-refractivity contribution < 1.29 is 4.79 Å². The van der Waals surface area contributed by atoms with E-state index < -0.39 is 0 Å². The molecule has 0 aliphatic carbocycles. The molecule has 2 aromatic heterocycles. The van der Waals surface area contributed by atoms with Gasteiger partial charge in [-0.2, -0.15) is 10.2 Å². The molecule has 4 aromatic rings. The van der Waals surface area contributed by atoms with E-state index >= 15 is 0 Å². The van der Waals surface area contributed by atoms with Gasteiger partial charge in [0.25, 0.3) is 0 Å². The van der Waals surface area contributed by atoms with Gasteiger partial charge in [0.2, 0.25) is 0 Å². The number of carbonyl (C=O) groups excluding carboxylic acids is 1. The van der Waals surface area contributed by atoms with Crippen molar-refractivity contribution in [2.24, 2.45) is 0 Å². The molecule has 0 spiro atoms. The second-order valence-electron chi connectivity index (χ2n) is 6.79. The van der Waals surface area contributed by atoms with Gasteiger partial charge in [0.05, 0.1) is 24.9 Å². The fourth-order valence-corrected chi connectivity index (χ4v) is 3.52. The lowest BCUT2D eigenvalue weighted by Crippen LogP contribution is -2.27. The minimum Gasteiger partial charge on any atom is -0.298 e. The first-order valence-electron chi connectivity index (χ1n) is 9.40. The Morgan fingerprint density at radius 1 is 0.679 bits per heavy atom. The van der Waals surface area contributed by atoms with Gasteiger partial charge in [0.15, 0.2) is 5.78 Å². The zero-order valence-electron chi connectivity index (χ0n) is 15.5. The summed E-state index contributed by atoms with van der Waals surface area (Å²) in [7, 11) is 0. The van der Waals surface area contributed by atoms with E-state index in [2.05, 4.69) is 10.2 Å². The van der Waals surface area contributed by atoms with Gasteiger partial charge >= 0.3 is 0 Å². The zero-order chi connectivity index (χ0) is 19.2. The molecule has 0 fully saturated rings. The van der Waals surface area contributed by atoms with Crippen LogP contribution in [0.25, 0.3) is 0 Å². The summed E-state index contributed by atoms with van der Waals surface area (Å²) in [4.78, 5) is 13.8. The second kappa shape index (κ2) is 8.48. The SMILES string of the molecule is O=C(C(Cn1cccn1)c1ccccc1)C(Cn1cccn1)c1ccccc1. The Morgan fingerprint density at radius 2 is 1.11 bits per heavy atom. The van der Waals surface area contributed by atoms with Crippen LogP contribution < -0.4 is 0 Å². The van der Waals surface area contributed by atoms with Crippen LogP contribution >= 0.6 is 0 Å². The molecule has 0 aliphatic rings. The fourth-order valence-electron chi connectivity index (χ4n) is 3.52. The molecule has 0 N–H and O–H groups in total. The van der Waals surface area contributed by atoms with E-state index in [-0.39, 0.29) is 17.6 Å². The Labute approximate surface area is 164 Å². The van der Waals surface area contributed by atoms with Crippen LogP contribution in [0.4, 0.5) is 0 Å². The Bertz CT molecular complexity index is 898. The molecule has 140 valence electrons. The molecule has 28 heavy (non-hydrogen) atoms. The molecular weight excluding hydrogens is 348 g/mol. The smallest absolute Gasteiger partial charge is 0.151 e. The van der Waals surface area contributed by atoms with E-state index in [0.29, 0.717) is 13.1 Å². The molecule has 0 saturated carbocycles. The number of hydrogen-bond donors (Lipinski definition) is 0. The van der Waals surface area contributed by atoms with E-state index in [1.54, 1.807) is 12.4 Å². The van der Waals surface area contributed by atoms with Crippen LogP contribution in [0.15, 0.2) is 97.6 Å². The van der Waals surface area contributed by atoms with Crippen LogP contribution in [0.1, 0.15) is 23.0 Å². The highest BCUT2D eigenvalue weighted by atomic mass is 16.1. The third-order valence-electron chi connectivity index (χ3n) is 4.95. The van der Waals surface area contributed by atoms with Crippen molar-refractivity contribution in [3.63, 3.8) is 0 Å². The average Bonchev–Trinajstić information content (AvgIpc) is 3.45. The topological polar surface area (TPSA) is 52.7 Å². The lowest BCUT2D eigenvalue weighted by Gasteiger charge is -2.23. The van der Waals surface area contributed by atoms with Crippen LogP contribution in [0.5, 0.6) is 0 Å². The Kier molecular flexibility index (Phi) is 5.43. The maximum atomic E-state index is 13.8. The minimum atomic E-state index is -0.290. The molecule has 0 radical (unpaired) electrons. The van der Waals surface area contributed by atoms with Gasteiger partial charge in [-0.1, -0.05) is 60.7 Å². The van der Waals surface area contributed by atoms with Gasteiger partial charge in [0.1, 0.15) is 0 Å². The lowest BCUT2D eigenvalue weighted by molar-refractivity contribution is -0.122. The molecular formula is C23H22N4O. The molecule has 2 aromatic carbocycles. The molecule has 4 rings (SSSR count). The van der Waals surface area contributed by atoms with Crippen molar-refractivity contribution in [2.75, 3.05) is 0 Å². The monoisotopic (exact) mass is 370 g/mol. The summed E-state index contributed by atoms with van der Waals surface area (Å²) in [5, 5.41) is 8.64. The summed E-state index contributed by atoms with van der Waals surface area (Å²) in [6.45, 7) is 1.02. The number of nitrogens with zero attached hydrogens (tertiary/aromatic N) is 4. The van der Waals surface area contributed by atoms with Gasteiger partial charge < -0.3 is 0 Å². The molecule has 5 heteroatoms. The predicted molar refractivity (Wildman–Crippen MR) is 108 cm³/mol. The van der Waals surface area contributed by atoms with E-state index in [0.717, 1.165) is 11.1 Å². The molecule has 0 aliphatic heterocycles. The molecule has 0 amide bonds. The predicted octanol–water partition coefficient (Wildman–Crippen LogP) is 3.92. The molecule has 0 saturated heterocycles.